The predicted octanol–water partition coefficient (Wildman–Crippen LogP) is 0.414. The van der Waals surface area contributed by atoms with Crippen LogP contribution in [0.15, 0.2) is 46.9 Å². The molecular formula is C17H20N5O6S+. The van der Waals surface area contributed by atoms with Crippen molar-refractivity contribution in [3.05, 3.63) is 72.7 Å². The number of hydrogen-bond donors (Lipinski definition) is 3. The molecule has 1 aliphatic rings. The number of hydrogen-bond acceptors (Lipinski definition) is 8. The Morgan fingerprint density at radius 1 is 1.34 bits per heavy atom. The maximum atomic E-state index is 12.8. The van der Waals surface area contributed by atoms with Crippen molar-refractivity contribution in [1.29, 1.82) is 0 Å². The highest BCUT2D eigenvalue weighted by molar-refractivity contribution is 8.13. The van der Waals surface area contributed by atoms with Crippen LogP contribution in [0.5, 0.6) is 0 Å². The maximum absolute atomic E-state index is 12.8. The standard InChI is InChI=1S/C17H19N5O6S/c1-3-28-16(23)14-12(8-29-17(18)19)20-9(2)15(22(26)27)13(14)10-5-4-6-11(7-10)21(24)25/h4-7,13,20H,3,8H2,1-2H3,(H3,18,19)/p+1. The van der Waals surface area contributed by atoms with Crippen LogP contribution in [0.2, 0.25) is 0 Å². The highest BCUT2D eigenvalue weighted by Gasteiger charge is 2.42. The van der Waals surface area contributed by atoms with Crippen molar-refractivity contribution >= 4 is 28.6 Å². The predicted molar refractivity (Wildman–Crippen MR) is 106 cm³/mol. The van der Waals surface area contributed by atoms with Gasteiger partial charge in [-0.2, -0.15) is 0 Å². The van der Waals surface area contributed by atoms with E-state index >= 15 is 0 Å². The Labute approximate surface area is 169 Å². The second-order valence-corrected chi connectivity index (χ2v) is 7.03. The van der Waals surface area contributed by atoms with Gasteiger partial charge in [-0.1, -0.05) is 12.1 Å². The van der Waals surface area contributed by atoms with E-state index in [4.69, 9.17) is 15.9 Å². The summed E-state index contributed by atoms with van der Waals surface area (Å²) in [5.41, 5.74) is 5.69. The van der Waals surface area contributed by atoms with Gasteiger partial charge in [0.25, 0.3) is 16.6 Å². The van der Waals surface area contributed by atoms with E-state index in [0.29, 0.717) is 5.70 Å². The fourth-order valence-corrected chi connectivity index (χ4v) is 3.53. The molecule has 12 heteroatoms. The van der Waals surface area contributed by atoms with Crippen molar-refractivity contribution in [3.8, 4) is 0 Å². The summed E-state index contributed by atoms with van der Waals surface area (Å²) in [7, 11) is 0. The van der Waals surface area contributed by atoms with Crippen LogP contribution in [-0.2, 0) is 9.53 Å². The molecule has 0 fully saturated rings. The molecule has 0 spiro atoms. The van der Waals surface area contributed by atoms with Crippen LogP contribution in [0.1, 0.15) is 25.3 Å². The van der Waals surface area contributed by atoms with Crippen molar-refractivity contribution < 1.29 is 24.8 Å². The zero-order valence-corrected chi connectivity index (χ0v) is 16.5. The van der Waals surface area contributed by atoms with Gasteiger partial charge in [0.05, 0.1) is 27.7 Å². The Balaban J connectivity index is 2.73. The summed E-state index contributed by atoms with van der Waals surface area (Å²) in [5, 5.41) is 31.4. The van der Waals surface area contributed by atoms with E-state index in [1.807, 2.05) is 0 Å². The fraction of sp³-hybridized carbons (Fsp3) is 0.294. The number of nitrogens with one attached hydrogen (secondary N) is 1. The Morgan fingerprint density at radius 3 is 2.59 bits per heavy atom. The number of dihydropyridines is 1. The number of benzene rings is 1. The van der Waals surface area contributed by atoms with Crippen molar-refractivity contribution in [2.24, 2.45) is 5.73 Å². The van der Waals surface area contributed by atoms with Crippen LogP contribution in [0.3, 0.4) is 0 Å². The van der Waals surface area contributed by atoms with E-state index in [2.05, 4.69) is 5.32 Å². The summed E-state index contributed by atoms with van der Waals surface area (Å²) in [5.74, 6) is -1.81. The zero-order chi connectivity index (χ0) is 21.7. The van der Waals surface area contributed by atoms with Crippen LogP contribution in [0.4, 0.5) is 5.69 Å². The molecule has 2 rings (SSSR count). The first-order valence-corrected chi connectivity index (χ1v) is 9.43. The van der Waals surface area contributed by atoms with Gasteiger partial charge in [-0.15, -0.1) is 0 Å². The van der Waals surface area contributed by atoms with Crippen molar-refractivity contribution in [3.63, 3.8) is 0 Å². The third-order valence-corrected chi connectivity index (χ3v) is 4.87. The first kappa shape index (κ1) is 21.9. The molecule has 1 unspecified atom stereocenters. The number of carbonyl (C=O) groups excluding carboxylic acids is 1. The van der Waals surface area contributed by atoms with Crippen LogP contribution in [-0.4, -0.2) is 33.3 Å². The molecule has 0 aliphatic carbocycles. The lowest BCUT2D eigenvalue weighted by Crippen LogP contribution is -2.44. The van der Waals surface area contributed by atoms with Crippen molar-refractivity contribution in [2.75, 3.05) is 12.4 Å². The first-order chi connectivity index (χ1) is 13.7. The number of amidine groups is 1. The van der Waals surface area contributed by atoms with Gasteiger partial charge in [0.1, 0.15) is 5.92 Å². The van der Waals surface area contributed by atoms with Crippen LogP contribution in [0.25, 0.3) is 0 Å². The summed E-state index contributed by atoms with van der Waals surface area (Å²) in [6, 6.07) is 5.38. The molecule has 11 nitrogen and oxygen atoms in total. The molecule has 0 radical (unpaired) electrons. The smallest absolute Gasteiger partial charge is 0.337 e. The second-order valence-electron chi connectivity index (χ2n) is 5.98. The van der Waals surface area contributed by atoms with Gasteiger partial charge in [0.15, 0.2) is 0 Å². The van der Waals surface area contributed by atoms with E-state index in [-0.39, 0.29) is 45.7 Å². The first-order valence-electron chi connectivity index (χ1n) is 8.44. The molecule has 0 aromatic heterocycles. The molecule has 1 aliphatic heterocycles. The molecule has 1 atom stereocenters. The van der Waals surface area contributed by atoms with E-state index in [0.717, 1.165) is 11.8 Å². The number of thioether (sulfide) groups is 1. The van der Waals surface area contributed by atoms with Crippen LogP contribution in [0, 0.1) is 20.2 Å². The second kappa shape index (κ2) is 9.19. The van der Waals surface area contributed by atoms with Gasteiger partial charge in [0.2, 0.25) is 0 Å². The molecule has 1 aromatic rings. The number of nitro groups is 2. The van der Waals surface area contributed by atoms with Crippen molar-refractivity contribution in [1.82, 2.24) is 5.32 Å². The minimum Gasteiger partial charge on any atom is -0.463 e. The number of nitro benzene ring substituents is 1. The number of ether oxygens (including phenoxy) is 1. The number of non-ortho nitro benzene ring substituents is 1. The molecule has 0 bridgehead atoms. The van der Waals surface area contributed by atoms with Gasteiger partial charge in [-0.3, -0.25) is 31.4 Å². The largest absolute Gasteiger partial charge is 0.463 e. The lowest BCUT2D eigenvalue weighted by Gasteiger charge is -2.27. The third kappa shape index (κ3) is 4.90. The third-order valence-electron chi connectivity index (χ3n) is 4.10. The number of carbonyl (C=O) groups is 1. The lowest BCUT2D eigenvalue weighted by molar-refractivity contribution is -0.431. The summed E-state index contributed by atoms with van der Waals surface area (Å²) in [6.45, 7) is 3.14. The van der Waals surface area contributed by atoms with Gasteiger partial charge in [0, 0.05) is 23.6 Å². The monoisotopic (exact) mass is 422 g/mol. The normalized spacial score (nSPS) is 16.3. The van der Waals surface area contributed by atoms with Crippen molar-refractivity contribution in [2.45, 2.75) is 19.8 Å². The van der Waals surface area contributed by atoms with E-state index in [1.54, 1.807) is 6.92 Å². The summed E-state index contributed by atoms with van der Waals surface area (Å²) < 4.78 is 5.12. The summed E-state index contributed by atoms with van der Waals surface area (Å²) in [4.78, 5) is 34.5. The molecule has 154 valence electrons. The number of nitrogens with zero attached hydrogens (tertiary/aromatic N) is 2. The molecule has 0 saturated carbocycles. The van der Waals surface area contributed by atoms with Gasteiger partial charge in [-0.05, 0) is 31.2 Å². The minimum absolute atomic E-state index is 0.0154. The average molecular weight is 422 g/mol. The van der Waals surface area contributed by atoms with E-state index in [9.17, 15) is 25.0 Å². The van der Waals surface area contributed by atoms with Crippen LogP contribution < -0.4 is 16.5 Å². The Hall–Kier alpha value is -3.41. The Bertz CT molecular complexity index is 942. The van der Waals surface area contributed by atoms with Crippen LogP contribution >= 0.6 is 11.8 Å². The highest BCUT2D eigenvalue weighted by atomic mass is 32.2. The van der Waals surface area contributed by atoms with E-state index in [1.165, 1.54) is 31.2 Å². The number of nitrogens with two attached hydrogens (primary N) is 2. The molecule has 0 saturated heterocycles. The molecule has 0 amide bonds. The van der Waals surface area contributed by atoms with Gasteiger partial charge in [-0.25, -0.2) is 4.79 Å². The summed E-state index contributed by atoms with van der Waals surface area (Å²) >= 11 is 1.04. The number of allylic oxidation sites excluding steroid dienone is 2. The number of rotatable bonds is 7. The maximum Gasteiger partial charge on any atom is 0.337 e. The topological polar surface area (TPSA) is 176 Å². The SMILES string of the molecule is CCOC(=O)C1=C(CSC(N)=[NH2+])NC(C)=C([N+](=O)[O-])C1c1cccc([N+](=O)[O-])c1. The zero-order valence-electron chi connectivity index (χ0n) is 15.7. The van der Waals surface area contributed by atoms with Gasteiger partial charge < -0.3 is 10.1 Å². The quantitative estimate of drug-likeness (QED) is 0.185. The molecule has 5 N–H and O–H groups in total. The molecule has 29 heavy (non-hydrogen) atoms. The lowest BCUT2D eigenvalue weighted by atomic mass is 9.84. The Kier molecular flexibility index (Phi) is 6.93. The van der Waals surface area contributed by atoms with Gasteiger partial charge >= 0.3 is 5.97 Å². The summed E-state index contributed by atoms with van der Waals surface area (Å²) in [6.07, 6.45) is 0. The Morgan fingerprint density at radius 2 is 2.03 bits per heavy atom. The van der Waals surface area contributed by atoms with E-state index < -0.39 is 21.7 Å². The molecule has 1 aromatic carbocycles. The molecular weight excluding hydrogens is 402 g/mol. The highest BCUT2D eigenvalue weighted by Crippen LogP contribution is 2.40. The minimum atomic E-state index is -1.17. The number of esters is 1. The average Bonchev–Trinajstić information content (AvgIpc) is 2.65. The fourth-order valence-electron chi connectivity index (χ4n) is 2.99. The molecule has 1 heterocycles.